The molecule has 0 saturated carbocycles. The standard InChI is InChI=1S/C16H18N2O2S/c1-21(19,20)16-6-4-15(5-7-16)18-9-8-12-2-3-14(17)10-13(12)11-18/h2-7,10H,8-9,11,17H2,1H3. The minimum atomic E-state index is -3.14. The monoisotopic (exact) mass is 302 g/mol. The molecule has 0 saturated heterocycles. The quantitative estimate of drug-likeness (QED) is 0.864. The van der Waals surface area contributed by atoms with E-state index in [1.807, 2.05) is 24.3 Å². The van der Waals surface area contributed by atoms with E-state index in [2.05, 4.69) is 11.0 Å². The fraction of sp³-hybridized carbons (Fsp3) is 0.250. The van der Waals surface area contributed by atoms with Gasteiger partial charge in [0.2, 0.25) is 0 Å². The zero-order valence-electron chi connectivity index (χ0n) is 11.9. The van der Waals surface area contributed by atoms with Crippen molar-refractivity contribution in [1.82, 2.24) is 0 Å². The number of rotatable bonds is 2. The molecule has 0 aliphatic carbocycles. The minimum Gasteiger partial charge on any atom is -0.399 e. The topological polar surface area (TPSA) is 63.4 Å². The van der Waals surface area contributed by atoms with Crippen molar-refractivity contribution in [2.75, 3.05) is 23.4 Å². The van der Waals surface area contributed by atoms with Crippen LogP contribution in [-0.2, 0) is 22.8 Å². The van der Waals surface area contributed by atoms with Crippen molar-refractivity contribution in [2.45, 2.75) is 17.9 Å². The van der Waals surface area contributed by atoms with E-state index in [0.29, 0.717) is 4.90 Å². The van der Waals surface area contributed by atoms with Crippen molar-refractivity contribution < 1.29 is 8.42 Å². The first-order valence-electron chi connectivity index (χ1n) is 6.86. The number of nitrogens with zero attached hydrogens (tertiary/aromatic N) is 1. The van der Waals surface area contributed by atoms with Gasteiger partial charge in [0.15, 0.2) is 9.84 Å². The second-order valence-corrected chi connectivity index (χ2v) is 7.48. The predicted molar refractivity (Wildman–Crippen MR) is 85.2 cm³/mol. The molecule has 2 aromatic rings. The third kappa shape index (κ3) is 2.88. The van der Waals surface area contributed by atoms with Gasteiger partial charge in [-0.25, -0.2) is 8.42 Å². The molecule has 1 aliphatic rings. The third-order valence-corrected chi connectivity index (χ3v) is 5.00. The van der Waals surface area contributed by atoms with Crippen LogP contribution in [0.5, 0.6) is 0 Å². The molecule has 5 heteroatoms. The van der Waals surface area contributed by atoms with E-state index in [1.165, 1.54) is 17.4 Å². The molecule has 0 radical (unpaired) electrons. The molecular formula is C16H18N2O2S. The number of nitrogen functional groups attached to an aromatic ring is 1. The van der Waals surface area contributed by atoms with Crippen LogP contribution in [0.2, 0.25) is 0 Å². The summed E-state index contributed by atoms with van der Waals surface area (Å²) in [5.41, 5.74) is 10.3. The molecule has 0 fully saturated rings. The van der Waals surface area contributed by atoms with Gasteiger partial charge < -0.3 is 10.6 Å². The molecule has 2 N–H and O–H groups in total. The fourth-order valence-electron chi connectivity index (χ4n) is 2.70. The number of fused-ring (bicyclic) bond motifs is 1. The summed E-state index contributed by atoms with van der Waals surface area (Å²) >= 11 is 0. The second kappa shape index (κ2) is 5.07. The highest BCUT2D eigenvalue weighted by atomic mass is 32.2. The lowest BCUT2D eigenvalue weighted by Crippen LogP contribution is -2.30. The largest absolute Gasteiger partial charge is 0.399 e. The zero-order chi connectivity index (χ0) is 15.0. The second-order valence-electron chi connectivity index (χ2n) is 5.47. The molecule has 3 rings (SSSR count). The molecule has 0 atom stereocenters. The molecule has 1 heterocycles. The Bertz CT molecular complexity index is 767. The lowest BCUT2D eigenvalue weighted by Gasteiger charge is -2.31. The Morgan fingerprint density at radius 2 is 1.76 bits per heavy atom. The fourth-order valence-corrected chi connectivity index (χ4v) is 3.33. The molecule has 0 bridgehead atoms. The third-order valence-electron chi connectivity index (χ3n) is 3.87. The van der Waals surface area contributed by atoms with Crippen molar-refractivity contribution in [3.63, 3.8) is 0 Å². The number of benzene rings is 2. The smallest absolute Gasteiger partial charge is 0.175 e. The van der Waals surface area contributed by atoms with Crippen LogP contribution in [0.3, 0.4) is 0 Å². The van der Waals surface area contributed by atoms with Crippen molar-refractivity contribution in [3.8, 4) is 0 Å². The normalized spacial score (nSPS) is 14.8. The molecule has 21 heavy (non-hydrogen) atoms. The summed E-state index contributed by atoms with van der Waals surface area (Å²) in [7, 11) is -3.14. The lowest BCUT2D eigenvalue weighted by molar-refractivity contribution is 0.602. The highest BCUT2D eigenvalue weighted by Gasteiger charge is 2.17. The molecule has 2 aromatic carbocycles. The molecular weight excluding hydrogens is 284 g/mol. The van der Waals surface area contributed by atoms with E-state index in [0.717, 1.165) is 30.9 Å². The Balaban J connectivity index is 1.86. The van der Waals surface area contributed by atoms with Gasteiger partial charge in [0.05, 0.1) is 4.90 Å². The van der Waals surface area contributed by atoms with E-state index in [4.69, 9.17) is 5.73 Å². The highest BCUT2D eigenvalue weighted by molar-refractivity contribution is 7.90. The van der Waals surface area contributed by atoms with Gasteiger partial charge in [-0.05, 0) is 53.9 Å². The van der Waals surface area contributed by atoms with Crippen LogP contribution >= 0.6 is 0 Å². The highest BCUT2D eigenvalue weighted by Crippen LogP contribution is 2.26. The van der Waals surface area contributed by atoms with Crippen LogP contribution in [0.1, 0.15) is 11.1 Å². The van der Waals surface area contributed by atoms with E-state index in [9.17, 15) is 8.42 Å². The van der Waals surface area contributed by atoms with E-state index in [1.54, 1.807) is 12.1 Å². The van der Waals surface area contributed by atoms with Gasteiger partial charge in [-0.2, -0.15) is 0 Å². The zero-order valence-corrected chi connectivity index (χ0v) is 12.7. The predicted octanol–water partition coefficient (Wildman–Crippen LogP) is 2.24. The maximum absolute atomic E-state index is 11.5. The van der Waals surface area contributed by atoms with Crippen LogP contribution in [0.15, 0.2) is 47.4 Å². The van der Waals surface area contributed by atoms with E-state index >= 15 is 0 Å². The van der Waals surface area contributed by atoms with Gasteiger partial charge in [-0.15, -0.1) is 0 Å². The van der Waals surface area contributed by atoms with Crippen LogP contribution < -0.4 is 10.6 Å². The van der Waals surface area contributed by atoms with E-state index in [-0.39, 0.29) is 0 Å². The summed E-state index contributed by atoms with van der Waals surface area (Å²) in [4.78, 5) is 2.60. The summed E-state index contributed by atoms with van der Waals surface area (Å²) in [6, 6.07) is 13.1. The Morgan fingerprint density at radius 3 is 2.43 bits per heavy atom. The number of hydrogen-bond acceptors (Lipinski definition) is 4. The minimum absolute atomic E-state index is 0.355. The lowest BCUT2D eigenvalue weighted by atomic mass is 9.99. The van der Waals surface area contributed by atoms with Gasteiger partial charge in [0.1, 0.15) is 0 Å². The van der Waals surface area contributed by atoms with Crippen molar-refractivity contribution in [2.24, 2.45) is 0 Å². The molecule has 1 aliphatic heterocycles. The van der Waals surface area contributed by atoms with Gasteiger partial charge in [0, 0.05) is 30.7 Å². The molecule has 0 spiro atoms. The number of sulfone groups is 1. The maximum atomic E-state index is 11.5. The molecule has 110 valence electrons. The average molecular weight is 302 g/mol. The Labute approximate surface area is 125 Å². The first-order chi connectivity index (χ1) is 9.93. The number of anilines is 2. The molecule has 0 aromatic heterocycles. The van der Waals surface area contributed by atoms with Gasteiger partial charge in [-0.1, -0.05) is 6.07 Å². The average Bonchev–Trinajstić information content (AvgIpc) is 2.45. The Kier molecular flexibility index (Phi) is 3.37. The van der Waals surface area contributed by atoms with Gasteiger partial charge in [-0.3, -0.25) is 0 Å². The van der Waals surface area contributed by atoms with E-state index < -0.39 is 9.84 Å². The van der Waals surface area contributed by atoms with Gasteiger partial charge >= 0.3 is 0 Å². The first-order valence-corrected chi connectivity index (χ1v) is 8.75. The van der Waals surface area contributed by atoms with Crippen LogP contribution in [0, 0.1) is 0 Å². The SMILES string of the molecule is CS(=O)(=O)c1ccc(N2CCc3ccc(N)cc3C2)cc1. The summed E-state index contributed by atoms with van der Waals surface area (Å²) in [6.07, 6.45) is 2.20. The van der Waals surface area contributed by atoms with Crippen molar-refractivity contribution >= 4 is 21.2 Å². The van der Waals surface area contributed by atoms with Crippen LogP contribution in [-0.4, -0.2) is 21.2 Å². The van der Waals surface area contributed by atoms with Gasteiger partial charge in [0.25, 0.3) is 0 Å². The first kappa shape index (κ1) is 13.9. The summed E-state index contributed by atoms with van der Waals surface area (Å²) in [5, 5.41) is 0. The number of hydrogen-bond donors (Lipinski definition) is 1. The molecule has 0 amide bonds. The summed E-state index contributed by atoms with van der Waals surface area (Å²) in [5.74, 6) is 0. The molecule has 4 nitrogen and oxygen atoms in total. The van der Waals surface area contributed by atoms with Crippen LogP contribution in [0.25, 0.3) is 0 Å². The van der Waals surface area contributed by atoms with Crippen LogP contribution in [0.4, 0.5) is 11.4 Å². The Hall–Kier alpha value is -2.01. The Morgan fingerprint density at radius 1 is 1.05 bits per heavy atom. The number of nitrogens with two attached hydrogens (primary N) is 1. The molecule has 0 unspecified atom stereocenters. The van der Waals surface area contributed by atoms with Crippen molar-refractivity contribution in [1.29, 1.82) is 0 Å². The summed E-state index contributed by atoms with van der Waals surface area (Å²) in [6.45, 7) is 1.73. The summed E-state index contributed by atoms with van der Waals surface area (Å²) < 4.78 is 23.0. The van der Waals surface area contributed by atoms with Crippen molar-refractivity contribution in [3.05, 3.63) is 53.6 Å². The maximum Gasteiger partial charge on any atom is 0.175 e.